The molecular weight excluding hydrogens is 412 g/mol. The van der Waals surface area contributed by atoms with Crippen molar-refractivity contribution >= 4 is 46.6 Å². The third kappa shape index (κ3) is 7.12. The van der Waals surface area contributed by atoms with Gasteiger partial charge < -0.3 is 27.2 Å². The van der Waals surface area contributed by atoms with Crippen molar-refractivity contribution in [3.8, 4) is 5.75 Å². The zero-order valence-electron chi connectivity index (χ0n) is 13.3. The lowest BCUT2D eigenvalue weighted by Crippen LogP contribution is -2.20. The van der Waals surface area contributed by atoms with Gasteiger partial charge in [0.15, 0.2) is 5.75 Å². The van der Waals surface area contributed by atoms with Gasteiger partial charge in [0.1, 0.15) is 5.02 Å². The van der Waals surface area contributed by atoms with E-state index in [0.29, 0.717) is 0 Å². The van der Waals surface area contributed by atoms with Gasteiger partial charge in [-0.15, -0.1) is 0 Å². The van der Waals surface area contributed by atoms with Gasteiger partial charge in [0.05, 0.1) is 16.3 Å². The lowest BCUT2D eigenvalue weighted by molar-refractivity contribution is -0.137. The summed E-state index contributed by atoms with van der Waals surface area (Å²) >= 11 is 11.4. The van der Waals surface area contributed by atoms with Crippen LogP contribution in [-0.2, 0) is 6.18 Å². The molecule has 0 atom stereocenters. The molecule has 0 aliphatic heterocycles. The number of hydrogen-bond donors (Lipinski definition) is 5. The van der Waals surface area contributed by atoms with E-state index in [1.54, 1.807) is 0 Å². The van der Waals surface area contributed by atoms with Crippen LogP contribution in [0.3, 0.4) is 0 Å². The van der Waals surface area contributed by atoms with Crippen LogP contribution in [0.4, 0.5) is 34.1 Å². The first-order valence-corrected chi connectivity index (χ1v) is 7.64. The summed E-state index contributed by atoms with van der Waals surface area (Å²) in [6.45, 7) is 0. The highest BCUT2D eigenvalue weighted by Gasteiger charge is 2.30. The van der Waals surface area contributed by atoms with E-state index in [4.69, 9.17) is 28.0 Å². The first kappa shape index (κ1) is 22.2. The normalized spacial score (nSPS) is 10.4. The monoisotopic (exact) mass is 424 g/mol. The molecule has 0 radical (unpaired) electrons. The minimum atomic E-state index is -4.52. The summed E-state index contributed by atoms with van der Waals surface area (Å²) in [6, 6.07) is 5.09. The fraction of sp³-hybridized carbons (Fsp3) is 0.0667. The van der Waals surface area contributed by atoms with Crippen LogP contribution in [0.15, 0.2) is 36.4 Å². The minimum Gasteiger partial charge on any atom is -0.504 e. The number of anilines is 2. The maximum absolute atomic E-state index is 12.6. The van der Waals surface area contributed by atoms with Gasteiger partial charge in [-0.1, -0.05) is 29.3 Å². The Morgan fingerprint density at radius 3 is 2.19 bits per heavy atom. The van der Waals surface area contributed by atoms with E-state index in [-0.39, 0.29) is 21.4 Å². The third-order valence-corrected chi connectivity index (χ3v) is 3.56. The number of aromatic hydroxyl groups is 1. The molecule has 2 aromatic carbocycles. The summed E-state index contributed by atoms with van der Waals surface area (Å²) < 4.78 is 37.8. The van der Waals surface area contributed by atoms with Gasteiger partial charge in [-0.3, -0.25) is 0 Å². The fourth-order valence-electron chi connectivity index (χ4n) is 1.70. The van der Waals surface area contributed by atoms with E-state index in [0.717, 1.165) is 18.2 Å². The van der Waals surface area contributed by atoms with Crippen LogP contribution in [0.2, 0.25) is 10.0 Å². The minimum absolute atomic E-state index is 0.0381. The number of primary amides is 2. The van der Waals surface area contributed by atoms with Gasteiger partial charge >= 0.3 is 18.2 Å². The number of alkyl halides is 3. The fourth-order valence-corrected chi connectivity index (χ4v) is 2.02. The molecule has 0 spiro atoms. The van der Waals surface area contributed by atoms with Crippen LogP contribution >= 0.6 is 23.2 Å². The number of hydrogen-bond acceptors (Lipinski definition) is 3. The molecule has 0 aliphatic rings. The van der Waals surface area contributed by atoms with Crippen molar-refractivity contribution in [2.24, 2.45) is 11.5 Å². The predicted octanol–water partition coefficient (Wildman–Crippen LogP) is 4.39. The number of amides is 4. The van der Waals surface area contributed by atoms with Crippen molar-refractivity contribution in [2.45, 2.75) is 6.18 Å². The molecule has 0 bridgehead atoms. The topological polar surface area (TPSA) is 130 Å². The first-order chi connectivity index (χ1) is 12.4. The van der Waals surface area contributed by atoms with E-state index in [1.165, 1.54) is 18.2 Å². The average molecular weight is 425 g/mol. The molecule has 12 heteroatoms. The SMILES string of the molecule is NC(N)=O.O=C(Nc1cccc(C(F)(F)F)c1)Nc1ccc(Cl)c(Cl)c1O. The van der Waals surface area contributed by atoms with E-state index < -0.39 is 29.6 Å². The van der Waals surface area contributed by atoms with Gasteiger partial charge in [0, 0.05) is 5.69 Å². The molecule has 0 saturated heterocycles. The van der Waals surface area contributed by atoms with E-state index in [2.05, 4.69) is 22.1 Å². The smallest absolute Gasteiger partial charge is 0.416 e. The number of phenolic OH excluding ortho intramolecular Hbond substituents is 1. The molecule has 7 N–H and O–H groups in total. The second-order valence-corrected chi connectivity index (χ2v) is 5.60. The average Bonchev–Trinajstić information content (AvgIpc) is 2.54. The zero-order valence-corrected chi connectivity index (χ0v) is 14.8. The van der Waals surface area contributed by atoms with Crippen LogP contribution in [0.1, 0.15) is 5.56 Å². The van der Waals surface area contributed by atoms with Crippen molar-refractivity contribution in [1.29, 1.82) is 0 Å². The highest BCUT2D eigenvalue weighted by molar-refractivity contribution is 6.43. The Hall–Kier alpha value is -2.85. The lowest BCUT2D eigenvalue weighted by atomic mass is 10.2. The molecule has 0 saturated carbocycles. The molecule has 2 aromatic rings. The summed E-state index contributed by atoms with van der Waals surface area (Å²) in [6.07, 6.45) is -4.52. The van der Waals surface area contributed by atoms with Gasteiger partial charge in [0.25, 0.3) is 0 Å². The Bertz CT molecular complexity index is 844. The van der Waals surface area contributed by atoms with E-state index in [9.17, 15) is 23.1 Å². The van der Waals surface area contributed by atoms with Crippen LogP contribution in [-0.4, -0.2) is 17.2 Å². The van der Waals surface area contributed by atoms with Gasteiger partial charge in [-0.2, -0.15) is 13.2 Å². The van der Waals surface area contributed by atoms with Gasteiger partial charge in [-0.25, -0.2) is 9.59 Å². The molecule has 0 aliphatic carbocycles. The standard InChI is InChI=1S/C14H9Cl2F3N2O2.CH4N2O/c15-9-4-5-10(12(22)11(9)16)21-13(23)20-8-3-1-2-7(6-8)14(17,18)19;2-1(3)4/h1-6,22H,(H2,20,21,23);(H4,2,3,4). The number of rotatable bonds is 2. The number of benzene rings is 2. The van der Waals surface area contributed by atoms with Crippen LogP contribution in [0.25, 0.3) is 0 Å². The van der Waals surface area contributed by atoms with Crippen LogP contribution in [0, 0.1) is 0 Å². The Labute approximate surface area is 161 Å². The summed E-state index contributed by atoms with van der Waals surface area (Å²) in [5.41, 5.74) is 7.51. The number of carbonyl (C=O) groups is 2. The molecule has 7 nitrogen and oxygen atoms in total. The van der Waals surface area contributed by atoms with Gasteiger partial charge in [0.2, 0.25) is 0 Å². The molecule has 0 heterocycles. The molecule has 0 aromatic heterocycles. The molecule has 2 rings (SSSR count). The highest BCUT2D eigenvalue weighted by atomic mass is 35.5. The number of carbonyl (C=O) groups excluding carboxylic acids is 2. The predicted molar refractivity (Wildman–Crippen MR) is 96.0 cm³/mol. The number of urea groups is 2. The number of nitrogens with two attached hydrogens (primary N) is 2. The van der Waals surface area contributed by atoms with Crippen molar-refractivity contribution < 1.29 is 27.9 Å². The third-order valence-electron chi connectivity index (χ3n) is 2.77. The zero-order chi connectivity index (χ0) is 20.8. The lowest BCUT2D eigenvalue weighted by Gasteiger charge is -2.12. The van der Waals surface area contributed by atoms with Crippen molar-refractivity contribution in [3.63, 3.8) is 0 Å². The van der Waals surface area contributed by atoms with Gasteiger partial charge in [-0.05, 0) is 30.3 Å². The Morgan fingerprint density at radius 1 is 1.04 bits per heavy atom. The quantitative estimate of drug-likeness (QED) is 0.458. The Balaban J connectivity index is 0.000000828. The molecule has 146 valence electrons. The summed E-state index contributed by atoms with van der Waals surface area (Å²) in [5.74, 6) is -0.446. The second-order valence-electron chi connectivity index (χ2n) is 4.82. The van der Waals surface area contributed by atoms with Crippen LogP contribution in [0.5, 0.6) is 5.75 Å². The Morgan fingerprint density at radius 2 is 1.63 bits per heavy atom. The second kappa shape index (κ2) is 9.19. The highest BCUT2D eigenvalue weighted by Crippen LogP contribution is 2.37. The molecule has 0 unspecified atom stereocenters. The maximum Gasteiger partial charge on any atom is 0.416 e. The molecular formula is C15H13Cl2F3N4O3. The van der Waals surface area contributed by atoms with Crippen molar-refractivity contribution in [1.82, 2.24) is 0 Å². The van der Waals surface area contributed by atoms with Crippen LogP contribution < -0.4 is 22.1 Å². The van der Waals surface area contributed by atoms with Crippen molar-refractivity contribution in [3.05, 3.63) is 52.0 Å². The molecule has 4 amide bonds. The van der Waals surface area contributed by atoms with Crippen molar-refractivity contribution in [2.75, 3.05) is 10.6 Å². The molecule has 27 heavy (non-hydrogen) atoms. The molecule has 0 fully saturated rings. The Kier molecular flexibility index (Phi) is 7.56. The van der Waals surface area contributed by atoms with E-state index >= 15 is 0 Å². The maximum atomic E-state index is 12.6. The summed E-state index contributed by atoms with van der Waals surface area (Å²) in [5, 5.41) is 14.2. The first-order valence-electron chi connectivity index (χ1n) is 6.89. The number of phenols is 1. The number of halogens is 5. The summed E-state index contributed by atoms with van der Waals surface area (Å²) in [7, 11) is 0. The number of nitrogens with one attached hydrogen (secondary N) is 2. The summed E-state index contributed by atoms with van der Waals surface area (Å²) in [4.78, 5) is 20.8. The largest absolute Gasteiger partial charge is 0.504 e. The van der Waals surface area contributed by atoms with E-state index in [1.807, 2.05) is 0 Å².